The summed E-state index contributed by atoms with van der Waals surface area (Å²) < 4.78 is 21.6. The van der Waals surface area contributed by atoms with E-state index in [0.29, 0.717) is 5.56 Å². The zero-order chi connectivity index (χ0) is 13.2. The second-order valence-corrected chi connectivity index (χ2v) is 7.09. The van der Waals surface area contributed by atoms with Crippen LogP contribution in [0.5, 0.6) is 0 Å². The Hall–Kier alpha value is -0.870. The second-order valence-electron chi connectivity index (χ2n) is 4.19. The maximum absolute atomic E-state index is 11.9. The third-order valence-electron chi connectivity index (χ3n) is 2.53. The molecule has 1 aromatic rings. The zero-order valence-electron chi connectivity index (χ0n) is 10.1. The van der Waals surface area contributed by atoms with Crippen molar-refractivity contribution in [2.45, 2.75) is 27.2 Å². The van der Waals surface area contributed by atoms with E-state index in [1.165, 1.54) is 0 Å². The highest BCUT2D eigenvalue weighted by molar-refractivity contribution is 8.13. The number of rotatable bonds is 4. The lowest BCUT2D eigenvalue weighted by molar-refractivity contribution is 0.0987. The van der Waals surface area contributed by atoms with Gasteiger partial charge in [0.1, 0.15) is 0 Å². The maximum Gasteiger partial charge on any atom is 0.233 e. The van der Waals surface area contributed by atoms with Crippen LogP contribution in [0.1, 0.15) is 33.5 Å². The highest BCUT2D eigenvalue weighted by Crippen LogP contribution is 2.18. The predicted molar refractivity (Wildman–Crippen MR) is 69.2 cm³/mol. The molecule has 0 atom stereocenters. The van der Waals surface area contributed by atoms with Gasteiger partial charge >= 0.3 is 0 Å². The van der Waals surface area contributed by atoms with E-state index in [4.69, 9.17) is 10.7 Å². The van der Waals surface area contributed by atoms with Gasteiger partial charge in [-0.25, -0.2) is 8.42 Å². The molecule has 0 aliphatic rings. The molecule has 1 aromatic carbocycles. The molecule has 0 aliphatic carbocycles. The van der Waals surface area contributed by atoms with E-state index < -0.39 is 9.05 Å². The third kappa shape index (κ3) is 4.13. The number of Topliss-reactive ketones (excluding diaryl/α,β-unsaturated/α-hetero) is 1. The van der Waals surface area contributed by atoms with Crippen molar-refractivity contribution in [1.29, 1.82) is 0 Å². The monoisotopic (exact) mass is 274 g/mol. The van der Waals surface area contributed by atoms with Gasteiger partial charge in [-0.15, -0.1) is 0 Å². The van der Waals surface area contributed by atoms with Crippen molar-refractivity contribution in [2.24, 2.45) is 0 Å². The minimum absolute atomic E-state index is 0.0728. The third-order valence-corrected chi connectivity index (χ3v) is 3.68. The van der Waals surface area contributed by atoms with E-state index in [9.17, 15) is 13.2 Å². The van der Waals surface area contributed by atoms with Crippen LogP contribution in [0.3, 0.4) is 0 Å². The second kappa shape index (κ2) is 5.19. The molecule has 94 valence electrons. The summed E-state index contributed by atoms with van der Waals surface area (Å²) in [5, 5.41) is 0. The lowest BCUT2D eigenvalue weighted by Crippen LogP contribution is -2.10. The largest absolute Gasteiger partial charge is 0.294 e. The molecule has 0 saturated carbocycles. The van der Waals surface area contributed by atoms with Crippen LogP contribution in [0.2, 0.25) is 0 Å². The minimum Gasteiger partial charge on any atom is -0.294 e. The first-order valence-electron chi connectivity index (χ1n) is 5.24. The van der Waals surface area contributed by atoms with Crippen molar-refractivity contribution in [3.63, 3.8) is 0 Å². The van der Waals surface area contributed by atoms with Gasteiger partial charge in [0.15, 0.2) is 5.78 Å². The van der Waals surface area contributed by atoms with Crippen molar-refractivity contribution in [1.82, 2.24) is 0 Å². The Balaban J connectivity index is 2.98. The number of carbonyl (C=O) groups excluding carboxylic acids is 1. The van der Waals surface area contributed by atoms with Gasteiger partial charge in [0.25, 0.3) is 0 Å². The van der Waals surface area contributed by atoms with E-state index in [1.807, 2.05) is 32.9 Å². The number of carbonyl (C=O) groups is 1. The fraction of sp³-hybridized carbons (Fsp3) is 0.417. The zero-order valence-corrected chi connectivity index (χ0v) is 11.7. The number of halogens is 1. The van der Waals surface area contributed by atoms with E-state index in [-0.39, 0.29) is 18.0 Å². The van der Waals surface area contributed by atoms with Crippen LogP contribution < -0.4 is 0 Å². The molecule has 0 aliphatic heterocycles. The Kier molecular flexibility index (Phi) is 4.33. The molecular weight excluding hydrogens is 260 g/mol. The lowest BCUT2D eigenvalue weighted by Gasteiger charge is -2.09. The number of benzene rings is 1. The summed E-state index contributed by atoms with van der Waals surface area (Å²) in [6.45, 7) is 5.66. The molecule has 0 fully saturated rings. The van der Waals surface area contributed by atoms with Crippen LogP contribution in [0.25, 0.3) is 0 Å². The fourth-order valence-electron chi connectivity index (χ4n) is 1.96. The molecular formula is C12H15ClO3S. The van der Waals surface area contributed by atoms with E-state index >= 15 is 0 Å². The van der Waals surface area contributed by atoms with Gasteiger partial charge < -0.3 is 0 Å². The SMILES string of the molecule is Cc1cc(C)c(C(=O)CCS(=O)(=O)Cl)c(C)c1. The average Bonchev–Trinajstić information content (AvgIpc) is 2.11. The Morgan fingerprint density at radius 3 is 2.06 bits per heavy atom. The smallest absolute Gasteiger partial charge is 0.233 e. The van der Waals surface area contributed by atoms with Crippen molar-refractivity contribution < 1.29 is 13.2 Å². The van der Waals surface area contributed by atoms with Gasteiger partial charge in [-0.05, 0) is 31.9 Å². The van der Waals surface area contributed by atoms with Gasteiger partial charge in [-0.1, -0.05) is 17.7 Å². The number of ketones is 1. The summed E-state index contributed by atoms with van der Waals surface area (Å²) >= 11 is 0. The molecule has 0 unspecified atom stereocenters. The molecule has 0 amide bonds. The van der Waals surface area contributed by atoms with Crippen LogP contribution in [-0.4, -0.2) is 20.0 Å². The highest BCUT2D eigenvalue weighted by Gasteiger charge is 2.15. The summed E-state index contributed by atoms with van der Waals surface area (Å²) in [6.07, 6.45) is -0.0728. The molecule has 0 saturated heterocycles. The standard InChI is InChI=1S/C12H15ClO3S/c1-8-6-9(2)12(10(3)7-8)11(14)4-5-17(13,15)16/h6-7H,4-5H2,1-3H3. The highest BCUT2D eigenvalue weighted by atomic mass is 35.7. The maximum atomic E-state index is 11.9. The van der Waals surface area contributed by atoms with Crippen molar-refractivity contribution in [3.05, 3.63) is 34.4 Å². The quantitative estimate of drug-likeness (QED) is 0.627. The van der Waals surface area contributed by atoms with Crippen LogP contribution >= 0.6 is 10.7 Å². The summed E-state index contributed by atoms with van der Waals surface area (Å²) in [6, 6.07) is 3.82. The lowest BCUT2D eigenvalue weighted by atomic mass is 9.96. The van der Waals surface area contributed by atoms with Crippen LogP contribution in [0.15, 0.2) is 12.1 Å². The summed E-state index contributed by atoms with van der Waals surface area (Å²) in [4.78, 5) is 11.9. The Morgan fingerprint density at radius 1 is 1.18 bits per heavy atom. The molecule has 0 N–H and O–H groups in total. The molecule has 0 spiro atoms. The van der Waals surface area contributed by atoms with Crippen molar-refractivity contribution in [3.8, 4) is 0 Å². The van der Waals surface area contributed by atoms with Gasteiger partial charge in [-0.2, -0.15) is 0 Å². The summed E-state index contributed by atoms with van der Waals surface area (Å²) in [5.41, 5.74) is 3.44. The van der Waals surface area contributed by atoms with Crippen LogP contribution in [-0.2, 0) is 9.05 Å². The van der Waals surface area contributed by atoms with E-state index in [2.05, 4.69) is 0 Å². The number of hydrogen-bond acceptors (Lipinski definition) is 3. The molecule has 0 bridgehead atoms. The minimum atomic E-state index is -3.61. The first kappa shape index (κ1) is 14.2. The Bertz CT molecular complexity index is 524. The van der Waals surface area contributed by atoms with Crippen molar-refractivity contribution >= 4 is 25.5 Å². The molecule has 0 heterocycles. The number of hydrogen-bond donors (Lipinski definition) is 0. The van der Waals surface area contributed by atoms with Gasteiger partial charge in [0, 0.05) is 22.7 Å². The van der Waals surface area contributed by atoms with Gasteiger partial charge in [-0.3, -0.25) is 4.79 Å². The predicted octanol–water partition coefficient (Wildman–Crippen LogP) is 2.75. The fourth-order valence-corrected chi connectivity index (χ4v) is 2.62. The summed E-state index contributed by atoms with van der Waals surface area (Å²) in [7, 11) is 1.48. The molecule has 1 rings (SSSR count). The first-order chi connectivity index (χ1) is 7.70. The Morgan fingerprint density at radius 2 is 1.65 bits per heavy atom. The molecule has 0 radical (unpaired) electrons. The average molecular weight is 275 g/mol. The first-order valence-corrected chi connectivity index (χ1v) is 7.72. The van der Waals surface area contributed by atoms with Crippen LogP contribution in [0.4, 0.5) is 0 Å². The van der Waals surface area contributed by atoms with Gasteiger partial charge in [0.2, 0.25) is 9.05 Å². The molecule has 17 heavy (non-hydrogen) atoms. The molecule has 5 heteroatoms. The molecule has 0 aromatic heterocycles. The Labute approximate surface area is 106 Å². The van der Waals surface area contributed by atoms with Gasteiger partial charge in [0.05, 0.1) is 5.75 Å². The summed E-state index contributed by atoms with van der Waals surface area (Å²) in [5.74, 6) is -0.496. The van der Waals surface area contributed by atoms with E-state index in [0.717, 1.165) is 16.7 Å². The topological polar surface area (TPSA) is 51.2 Å². The van der Waals surface area contributed by atoms with Crippen LogP contribution in [0, 0.1) is 20.8 Å². The normalized spacial score (nSPS) is 11.5. The van der Waals surface area contributed by atoms with E-state index in [1.54, 1.807) is 0 Å². The molecule has 3 nitrogen and oxygen atoms in total. The number of aryl methyl sites for hydroxylation is 3. The van der Waals surface area contributed by atoms with Crippen molar-refractivity contribution in [2.75, 3.05) is 5.75 Å².